The third-order valence-electron chi connectivity index (χ3n) is 5.10. The fraction of sp³-hybridized carbons (Fsp3) is 0.789. The average Bonchev–Trinajstić information content (AvgIpc) is 2.54. The Morgan fingerprint density at radius 1 is 1.00 bits per heavy atom. The van der Waals surface area contributed by atoms with Gasteiger partial charge in [0.1, 0.15) is 6.10 Å². The van der Waals surface area contributed by atoms with Crippen molar-refractivity contribution in [1.29, 1.82) is 0 Å². The second-order valence-corrected chi connectivity index (χ2v) is 6.97. The maximum absolute atomic E-state index is 12.2. The molecule has 0 heterocycles. The van der Waals surface area contributed by atoms with Crippen molar-refractivity contribution in [3.63, 3.8) is 0 Å². The van der Waals surface area contributed by atoms with E-state index in [4.69, 9.17) is 4.74 Å². The smallest absolute Gasteiger partial charge is 0.302 e. The van der Waals surface area contributed by atoms with Crippen LogP contribution in [0.4, 0.5) is 0 Å². The highest BCUT2D eigenvalue weighted by Gasteiger charge is 2.27. The summed E-state index contributed by atoms with van der Waals surface area (Å²) in [6.07, 6.45) is 16.1. The minimum absolute atomic E-state index is 0.113. The first kappa shape index (κ1) is 17.2. The number of carbonyl (C=O) groups excluding carboxylic acids is 2. The zero-order valence-corrected chi connectivity index (χ0v) is 13.9. The lowest BCUT2D eigenvalue weighted by Crippen LogP contribution is -2.30. The van der Waals surface area contributed by atoms with Crippen molar-refractivity contribution in [3.05, 3.63) is 12.2 Å². The number of esters is 1. The van der Waals surface area contributed by atoms with Crippen LogP contribution in [-0.2, 0) is 14.3 Å². The van der Waals surface area contributed by atoms with Crippen LogP contribution < -0.4 is 0 Å². The summed E-state index contributed by atoms with van der Waals surface area (Å²) in [4.78, 5) is 23.6. The van der Waals surface area contributed by atoms with E-state index in [1.165, 1.54) is 58.3 Å². The Labute approximate surface area is 134 Å². The van der Waals surface area contributed by atoms with Crippen LogP contribution in [0.2, 0.25) is 0 Å². The second-order valence-electron chi connectivity index (χ2n) is 6.97. The molecule has 0 aliphatic heterocycles. The lowest BCUT2D eigenvalue weighted by molar-refractivity contribution is -0.150. The van der Waals surface area contributed by atoms with E-state index >= 15 is 0 Å². The van der Waals surface area contributed by atoms with Crippen molar-refractivity contribution in [2.24, 2.45) is 11.8 Å². The molecule has 0 aromatic rings. The molecule has 0 aromatic heterocycles. The summed E-state index contributed by atoms with van der Waals surface area (Å²) in [5.41, 5.74) is 0. The van der Waals surface area contributed by atoms with Gasteiger partial charge in [0.2, 0.25) is 0 Å². The summed E-state index contributed by atoms with van der Waals surface area (Å²) in [5, 5.41) is 0. The van der Waals surface area contributed by atoms with E-state index in [2.05, 4.69) is 6.08 Å². The Balaban J connectivity index is 1.86. The Kier molecular flexibility index (Phi) is 7.14. The van der Waals surface area contributed by atoms with Gasteiger partial charge in [-0.05, 0) is 43.6 Å². The van der Waals surface area contributed by atoms with E-state index in [1.54, 1.807) is 6.08 Å². The molecule has 2 saturated carbocycles. The van der Waals surface area contributed by atoms with Crippen molar-refractivity contribution in [3.8, 4) is 0 Å². The normalized spacial score (nSPS) is 22.6. The van der Waals surface area contributed by atoms with Crippen LogP contribution in [-0.4, -0.2) is 17.9 Å². The average molecular weight is 306 g/mol. The molecule has 0 saturated heterocycles. The van der Waals surface area contributed by atoms with Crippen LogP contribution in [0.1, 0.15) is 77.6 Å². The molecule has 0 radical (unpaired) electrons. The van der Waals surface area contributed by atoms with Crippen LogP contribution in [0.5, 0.6) is 0 Å². The van der Waals surface area contributed by atoms with Gasteiger partial charge in [-0.15, -0.1) is 0 Å². The monoisotopic (exact) mass is 306 g/mol. The van der Waals surface area contributed by atoms with Crippen LogP contribution in [0.25, 0.3) is 0 Å². The van der Waals surface area contributed by atoms with E-state index in [0.29, 0.717) is 18.3 Å². The minimum atomic E-state index is -0.264. The Bertz CT molecular complexity index is 387. The third kappa shape index (κ3) is 5.94. The second kappa shape index (κ2) is 9.12. The van der Waals surface area contributed by atoms with Gasteiger partial charge in [0.05, 0.1) is 0 Å². The maximum Gasteiger partial charge on any atom is 0.302 e. The third-order valence-corrected chi connectivity index (χ3v) is 5.10. The van der Waals surface area contributed by atoms with Gasteiger partial charge >= 0.3 is 5.97 Å². The topological polar surface area (TPSA) is 43.4 Å². The van der Waals surface area contributed by atoms with Crippen molar-refractivity contribution in [2.75, 3.05) is 0 Å². The van der Waals surface area contributed by atoms with Crippen LogP contribution >= 0.6 is 0 Å². The van der Waals surface area contributed by atoms with Crippen LogP contribution in [0.3, 0.4) is 0 Å². The summed E-state index contributed by atoms with van der Waals surface area (Å²) in [6.45, 7) is 1.44. The molecule has 3 heteroatoms. The molecule has 1 atom stereocenters. The highest BCUT2D eigenvalue weighted by molar-refractivity contribution is 5.90. The lowest BCUT2D eigenvalue weighted by atomic mass is 9.83. The van der Waals surface area contributed by atoms with Gasteiger partial charge in [-0.3, -0.25) is 9.59 Å². The molecule has 0 amide bonds. The number of carbonyl (C=O) groups is 2. The summed E-state index contributed by atoms with van der Waals surface area (Å²) < 4.78 is 5.46. The molecule has 2 aliphatic carbocycles. The van der Waals surface area contributed by atoms with Crippen LogP contribution in [0.15, 0.2) is 12.2 Å². The molecule has 124 valence electrons. The zero-order valence-electron chi connectivity index (χ0n) is 13.9. The van der Waals surface area contributed by atoms with E-state index in [9.17, 15) is 9.59 Å². The molecule has 0 N–H and O–H groups in total. The number of hydrogen-bond acceptors (Lipinski definition) is 3. The fourth-order valence-corrected chi connectivity index (χ4v) is 3.86. The molecular weight excluding hydrogens is 276 g/mol. The highest BCUT2D eigenvalue weighted by atomic mass is 16.5. The molecule has 0 bridgehead atoms. The van der Waals surface area contributed by atoms with E-state index in [-0.39, 0.29) is 17.9 Å². The number of allylic oxidation sites excluding steroid dienone is 2. The molecular formula is C19H30O3. The fourth-order valence-electron chi connectivity index (χ4n) is 3.86. The van der Waals surface area contributed by atoms with Crippen LogP contribution in [0, 0.1) is 11.8 Å². The number of hydrogen-bond donors (Lipinski definition) is 0. The quantitative estimate of drug-likeness (QED) is 0.532. The summed E-state index contributed by atoms with van der Waals surface area (Å²) in [6, 6.07) is 0. The first-order valence-electron chi connectivity index (χ1n) is 9.03. The Morgan fingerprint density at radius 2 is 1.59 bits per heavy atom. The lowest BCUT2D eigenvalue weighted by Gasteiger charge is -2.29. The van der Waals surface area contributed by atoms with Gasteiger partial charge in [-0.1, -0.05) is 44.6 Å². The number of ketones is 1. The first-order valence-corrected chi connectivity index (χ1v) is 9.03. The standard InChI is InChI=1S/C19H30O3/c1-15(20)22-19(17-10-6-3-7-11-17)14-18(21)13-12-16-8-4-2-5-9-16/h12-13,16-17,19H,2-11,14H2,1H3/b13-12+. The largest absolute Gasteiger partial charge is 0.462 e. The minimum Gasteiger partial charge on any atom is -0.462 e. The van der Waals surface area contributed by atoms with Gasteiger partial charge in [0.25, 0.3) is 0 Å². The number of rotatable bonds is 6. The van der Waals surface area contributed by atoms with E-state index in [1.807, 2.05) is 0 Å². The Morgan fingerprint density at radius 3 is 2.18 bits per heavy atom. The molecule has 3 nitrogen and oxygen atoms in total. The summed E-state index contributed by atoms with van der Waals surface area (Å²) in [7, 11) is 0. The molecule has 0 spiro atoms. The SMILES string of the molecule is CC(=O)OC(CC(=O)/C=C/C1CCCCC1)C1CCCCC1. The molecule has 22 heavy (non-hydrogen) atoms. The van der Waals surface area contributed by atoms with Crippen molar-refractivity contribution in [2.45, 2.75) is 83.7 Å². The van der Waals surface area contributed by atoms with Crippen molar-refractivity contribution >= 4 is 11.8 Å². The van der Waals surface area contributed by atoms with Crippen molar-refractivity contribution < 1.29 is 14.3 Å². The zero-order chi connectivity index (χ0) is 15.8. The van der Waals surface area contributed by atoms with Gasteiger partial charge in [-0.2, -0.15) is 0 Å². The molecule has 1 unspecified atom stereocenters. The van der Waals surface area contributed by atoms with Gasteiger partial charge < -0.3 is 4.74 Å². The Hall–Kier alpha value is -1.12. The van der Waals surface area contributed by atoms with Gasteiger partial charge in [-0.25, -0.2) is 0 Å². The number of ether oxygens (including phenoxy) is 1. The van der Waals surface area contributed by atoms with E-state index < -0.39 is 0 Å². The van der Waals surface area contributed by atoms with Gasteiger partial charge in [0.15, 0.2) is 5.78 Å². The molecule has 2 fully saturated rings. The summed E-state index contributed by atoms with van der Waals surface area (Å²) in [5.74, 6) is 0.784. The predicted molar refractivity (Wildman–Crippen MR) is 87.5 cm³/mol. The molecule has 0 aromatic carbocycles. The van der Waals surface area contributed by atoms with E-state index in [0.717, 1.165) is 12.8 Å². The predicted octanol–water partition coefficient (Wildman–Crippen LogP) is 4.59. The molecule has 2 rings (SSSR count). The molecule has 2 aliphatic rings. The summed E-state index contributed by atoms with van der Waals surface area (Å²) >= 11 is 0. The maximum atomic E-state index is 12.2. The first-order chi connectivity index (χ1) is 10.6. The van der Waals surface area contributed by atoms with Gasteiger partial charge in [0, 0.05) is 13.3 Å². The highest BCUT2D eigenvalue weighted by Crippen LogP contribution is 2.30. The van der Waals surface area contributed by atoms with Crippen molar-refractivity contribution in [1.82, 2.24) is 0 Å².